The Kier molecular flexibility index (Phi) is 2.33. The molecule has 0 bridgehead atoms. The second kappa shape index (κ2) is 2.79. The van der Waals surface area contributed by atoms with Gasteiger partial charge in [-0.05, 0) is 0 Å². The van der Waals surface area contributed by atoms with Gasteiger partial charge in [-0.2, -0.15) is 0 Å². The van der Waals surface area contributed by atoms with Crippen molar-refractivity contribution in [3.05, 3.63) is 23.9 Å². The van der Waals surface area contributed by atoms with Gasteiger partial charge in [0.1, 0.15) is 0 Å². The van der Waals surface area contributed by atoms with Gasteiger partial charge in [-0.15, -0.1) is 0 Å². The quantitative estimate of drug-likeness (QED) is 0.279. The summed E-state index contributed by atoms with van der Waals surface area (Å²) in [6.45, 7) is 0. The van der Waals surface area contributed by atoms with Gasteiger partial charge in [0, 0.05) is 12.2 Å². The molecule has 0 aliphatic heterocycles. The van der Waals surface area contributed by atoms with Crippen molar-refractivity contribution < 1.29 is 10.2 Å². The molecular weight excluding hydrogens is 108 g/mol. The number of aliphatic hydroxyl groups excluding tert-OH is 2. The predicted molar refractivity (Wildman–Crippen MR) is 29.8 cm³/mol. The predicted octanol–water partition coefficient (Wildman–Crippen LogP) is -0.297. The van der Waals surface area contributed by atoms with E-state index in [9.17, 15) is 0 Å². The first kappa shape index (κ1) is 6.68. The summed E-state index contributed by atoms with van der Waals surface area (Å²) >= 11 is 0. The van der Waals surface area contributed by atoms with Gasteiger partial charge in [-0.3, -0.25) is 0 Å². The summed E-state index contributed by atoms with van der Waals surface area (Å²) in [5.74, 6) is -0.774. The van der Waals surface area contributed by atoms with E-state index in [0.717, 1.165) is 12.2 Å². The minimum Gasteiger partial charge on any atom is -0.495 e. The largest absolute Gasteiger partial charge is 0.495 e. The molecule has 8 heavy (non-hydrogen) atoms. The normalized spacial score (nSPS) is 14.0. The second-order valence-corrected chi connectivity index (χ2v) is 1.18. The number of nitrogens with two attached hydrogens (primary N) is 2. The summed E-state index contributed by atoms with van der Waals surface area (Å²) in [6.07, 6.45) is 2.16. The van der Waals surface area contributed by atoms with Crippen LogP contribution in [0.25, 0.3) is 0 Å². The van der Waals surface area contributed by atoms with Crippen molar-refractivity contribution >= 4 is 0 Å². The minimum absolute atomic E-state index is 0.387. The van der Waals surface area contributed by atoms with Gasteiger partial charge in [-0.25, -0.2) is 0 Å². The average Bonchev–Trinajstić information content (AvgIpc) is 1.61. The third-order valence-corrected chi connectivity index (χ3v) is 0.425. The Balaban J connectivity index is 3.76. The standard InChI is InChI=1S/C4H8N2O2/c5-3(7)1-2-4(6)8/h1-2,7-8H,5-6H2/b3-1-,4-2+. The number of aliphatic hydroxyl groups is 2. The molecule has 0 fully saturated rings. The maximum Gasteiger partial charge on any atom is 0.181 e. The molecule has 0 amide bonds. The van der Waals surface area contributed by atoms with Crippen LogP contribution in [-0.4, -0.2) is 10.2 Å². The van der Waals surface area contributed by atoms with Crippen LogP contribution in [0.2, 0.25) is 0 Å². The van der Waals surface area contributed by atoms with Gasteiger partial charge in [0.2, 0.25) is 0 Å². The fourth-order valence-corrected chi connectivity index (χ4v) is 0.171. The highest BCUT2D eigenvalue weighted by Gasteiger charge is 1.76. The summed E-state index contributed by atoms with van der Waals surface area (Å²) in [4.78, 5) is 0. The fourth-order valence-electron chi connectivity index (χ4n) is 0.171. The monoisotopic (exact) mass is 116 g/mol. The molecule has 0 unspecified atom stereocenters. The zero-order chi connectivity index (χ0) is 6.57. The molecule has 0 aromatic carbocycles. The van der Waals surface area contributed by atoms with Crippen molar-refractivity contribution in [1.29, 1.82) is 0 Å². The summed E-state index contributed by atoms with van der Waals surface area (Å²) in [6, 6.07) is 0. The highest BCUT2D eigenvalue weighted by atomic mass is 16.3. The van der Waals surface area contributed by atoms with E-state index in [1.165, 1.54) is 0 Å². The third-order valence-electron chi connectivity index (χ3n) is 0.425. The molecule has 0 saturated carbocycles. The van der Waals surface area contributed by atoms with E-state index in [-0.39, 0.29) is 11.8 Å². The van der Waals surface area contributed by atoms with Gasteiger partial charge < -0.3 is 21.7 Å². The molecule has 0 heterocycles. The Morgan fingerprint density at radius 3 is 1.38 bits per heavy atom. The van der Waals surface area contributed by atoms with Gasteiger partial charge in [0.25, 0.3) is 0 Å². The number of hydrogen-bond acceptors (Lipinski definition) is 4. The van der Waals surface area contributed by atoms with Crippen LogP contribution in [0.1, 0.15) is 0 Å². The lowest BCUT2D eigenvalue weighted by Crippen LogP contribution is -1.96. The van der Waals surface area contributed by atoms with Crippen molar-refractivity contribution in [3.8, 4) is 0 Å². The summed E-state index contributed by atoms with van der Waals surface area (Å²) in [5.41, 5.74) is 9.49. The Morgan fingerprint density at radius 2 is 1.25 bits per heavy atom. The Bertz CT molecular complexity index is 104. The molecule has 0 aliphatic carbocycles. The SMILES string of the molecule is N/C(O)=C/C=C(\N)O. The van der Waals surface area contributed by atoms with E-state index < -0.39 is 0 Å². The van der Waals surface area contributed by atoms with Crippen LogP contribution in [0.5, 0.6) is 0 Å². The third kappa shape index (κ3) is 4.68. The molecule has 0 saturated heterocycles. The van der Waals surface area contributed by atoms with Gasteiger partial charge in [0.15, 0.2) is 11.8 Å². The lowest BCUT2D eigenvalue weighted by molar-refractivity contribution is 0.397. The first-order chi connectivity index (χ1) is 3.63. The van der Waals surface area contributed by atoms with Crippen molar-refractivity contribution in [1.82, 2.24) is 0 Å². The van der Waals surface area contributed by atoms with Crippen LogP contribution in [0.15, 0.2) is 23.9 Å². The molecule has 0 spiro atoms. The van der Waals surface area contributed by atoms with Crippen LogP contribution in [0.4, 0.5) is 0 Å². The van der Waals surface area contributed by atoms with Crippen molar-refractivity contribution in [2.75, 3.05) is 0 Å². The van der Waals surface area contributed by atoms with Gasteiger partial charge in [-0.1, -0.05) is 0 Å². The van der Waals surface area contributed by atoms with E-state index in [0.29, 0.717) is 0 Å². The lowest BCUT2D eigenvalue weighted by atomic mass is 10.5. The van der Waals surface area contributed by atoms with E-state index in [1.54, 1.807) is 0 Å². The van der Waals surface area contributed by atoms with E-state index in [2.05, 4.69) is 0 Å². The molecule has 4 nitrogen and oxygen atoms in total. The number of allylic oxidation sites excluding steroid dienone is 2. The topological polar surface area (TPSA) is 92.5 Å². The maximum absolute atomic E-state index is 8.23. The molecule has 4 heteroatoms. The van der Waals surface area contributed by atoms with Gasteiger partial charge >= 0.3 is 0 Å². The molecular formula is C4H8N2O2. The van der Waals surface area contributed by atoms with E-state index in [1.807, 2.05) is 0 Å². The molecule has 0 aliphatic rings. The molecule has 46 valence electrons. The summed E-state index contributed by atoms with van der Waals surface area (Å²) in [7, 11) is 0. The smallest absolute Gasteiger partial charge is 0.181 e. The van der Waals surface area contributed by atoms with Crippen LogP contribution in [0.3, 0.4) is 0 Å². The van der Waals surface area contributed by atoms with Crippen molar-refractivity contribution in [3.63, 3.8) is 0 Å². The fraction of sp³-hybridized carbons (Fsp3) is 0. The number of hydrogen-bond donors (Lipinski definition) is 4. The first-order valence-electron chi connectivity index (χ1n) is 1.94. The average molecular weight is 116 g/mol. The molecule has 6 N–H and O–H groups in total. The Labute approximate surface area is 46.7 Å². The highest BCUT2D eigenvalue weighted by Crippen LogP contribution is 1.79. The molecule has 0 aromatic heterocycles. The Hall–Kier alpha value is -1.32. The Morgan fingerprint density at radius 1 is 1.00 bits per heavy atom. The van der Waals surface area contributed by atoms with Crippen LogP contribution < -0.4 is 11.5 Å². The maximum atomic E-state index is 8.23. The van der Waals surface area contributed by atoms with E-state index >= 15 is 0 Å². The second-order valence-electron chi connectivity index (χ2n) is 1.18. The lowest BCUT2D eigenvalue weighted by Gasteiger charge is -1.84. The molecule has 0 radical (unpaired) electrons. The van der Waals surface area contributed by atoms with E-state index in [4.69, 9.17) is 21.7 Å². The number of rotatable bonds is 1. The molecule has 0 rings (SSSR count). The molecule has 0 atom stereocenters. The van der Waals surface area contributed by atoms with Crippen LogP contribution >= 0.6 is 0 Å². The summed E-state index contributed by atoms with van der Waals surface area (Å²) < 4.78 is 0. The van der Waals surface area contributed by atoms with Gasteiger partial charge in [0.05, 0.1) is 0 Å². The van der Waals surface area contributed by atoms with Crippen LogP contribution in [-0.2, 0) is 0 Å². The summed E-state index contributed by atoms with van der Waals surface area (Å²) in [5, 5.41) is 16.5. The highest BCUT2D eigenvalue weighted by molar-refractivity contribution is 5.05. The first-order valence-corrected chi connectivity index (χ1v) is 1.94. The van der Waals surface area contributed by atoms with Crippen molar-refractivity contribution in [2.45, 2.75) is 0 Å². The van der Waals surface area contributed by atoms with Crippen LogP contribution in [0, 0.1) is 0 Å². The zero-order valence-electron chi connectivity index (χ0n) is 4.20. The molecule has 0 aromatic rings. The zero-order valence-corrected chi connectivity index (χ0v) is 4.20. The van der Waals surface area contributed by atoms with Crippen molar-refractivity contribution in [2.24, 2.45) is 11.5 Å². The minimum atomic E-state index is -0.387.